The molecular weight excluding hydrogens is 254 g/mol. The van der Waals surface area contributed by atoms with E-state index in [4.69, 9.17) is 4.74 Å². The molecule has 1 aromatic carbocycles. The van der Waals surface area contributed by atoms with Crippen LogP contribution in [0.3, 0.4) is 0 Å². The molecule has 2 aliphatic rings. The van der Waals surface area contributed by atoms with E-state index in [0.29, 0.717) is 18.1 Å². The molecule has 0 bridgehead atoms. The Hall–Kier alpha value is -1.55. The lowest BCUT2D eigenvalue weighted by atomic mass is 9.77. The number of hydrogen-bond acceptors (Lipinski definition) is 3. The van der Waals surface area contributed by atoms with Crippen LogP contribution < -0.4 is 10.1 Å². The van der Waals surface area contributed by atoms with Crippen molar-refractivity contribution in [1.29, 1.82) is 0 Å². The van der Waals surface area contributed by atoms with E-state index in [1.165, 1.54) is 12.8 Å². The fourth-order valence-electron chi connectivity index (χ4n) is 3.04. The molecule has 0 spiro atoms. The molecule has 0 radical (unpaired) electrons. The number of carbonyl (C=O) groups is 1. The Kier molecular flexibility index (Phi) is 3.01. The maximum absolute atomic E-state index is 12.0. The minimum absolute atomic E-state index is 0.430. The lowest BCUT2D eigenvalue weighted by Gasteiger charge is -2.44. The summed E-state index contributed by atoms with van der Waals surface area (Å²) in [6.07, 6.45) is 2.83. The van der Waals surface area contributed by atoms with Gasteiger partial charge in [-0.3, -0.25) is 5.32 Å². The van der Waals surface area contributed by atoms with Gasteiger partial charge in [-0.15, -0.1) is 0 Å². The minimum Gasteiger partial charge on any atom is -0.487 e. The molecule has 1 saturated carbocycles. The van der Waals surface area contributed by atoms with Crippen LogP contribution in [0.5, 0.6) is 5.75 Å². The van der Waals surface area contributed by atoms with E-state index in [2.05, 4.69) is 5.32 Å². The van der Waals surface area contributed by atoms with Crippen LogP contribution in [0.4, 0.5) is 0 Å². The van der Waals surface area contributed by atoms with Crippen molar-refractivity contribution in [3.8, 4) is 5.75 Å². The minimum atomic E-state index is -1.04. The number of para-hydroxylation sites is 1. The zero-order valence-corrected chi connectivity index (χ0v) is 12.0. The van der Waals surface area contributed by atoms with Crippen molar-refractivity contribution >= 4 is 5.97 Å². The Morgan fingerprint density at radius 3 is 2.75 bits per heavy atom. The van der Waals surface area contributed by atoms with Crippen molar-refractivity contribution in [2.24, 2.45) is 5.92 Å². The third-order valence-electron chi connectivity index (χ3n) is 4.18. The second-order valence-electron chi connectivity index (χ2n) is 6.57. The summed E-state index contributed by atoms with van der Waals surface area (Å²) in [5.74, 6) is 0.487. The van der Waals surface area contributed by atoms with E-state index in [0.717, 1.165) is 12.1 Å². The zero-order valence-electron chi connectivity index (χ0n) is 12.0. The lowest BCUT2D eigenvalue weighted by Crippen LogP contribution is -2.57. The predicted molar refractivity (Wildman–Crippen MR) is 75.8 cm³/mol. The molecular formula is C16H21NO3. The average Bonchev–Trinajstić information content (AvgIpc) is 3.18. The molecule has 0 amide bonds. The Balaban J connectivity index is 2.03. The molecule has 0 aromatic heterocycles. The van der Waals surface area contributed by atoms with Gasteiger partial charge < -0.3 is 9.84 Å². The maximum Gasteiger partial charge on any atom is 0.328 e. The third-order valence-corrected chi connectivity index (χ3v) is 4.18. The largest absolute Gasteiger partial charge is 0.487 e. The molecule has 2 N–H and O–H groups in total. The number of ether oxygens (including phenoxy) is 1. The van der Waals surface area contributed by atoms with Crippen molar-refractivity contribution in [2.75, 3.05) is 6.54 Å². The molecule has 4 nitrogen and oxygen atoms in total. The summed E-state index contributed by atoms with van der Waals surface area (Å²) in [5.41, 5.74) is -0.794. The summed E-state index contributed by atoms with van der Waals surface area (Å²) < 4.78 is 5.94. The first-order chi connectivity index (χ1) is 9.43. The highest BCUT2D eigenvalue weighted by molar-refractivity contribution is 5.82. The summed E-state index contributed by atoms with van der Waals surface area (Å²) in [6.45, 7) is 4.65. The molecule has 0 saturated heterocycles. The van der Waals surface area contributed by atoms with Gasteiger partial charge in [-0.2, -0.15) is 0 Å². The lowest BCUT2D eigenvalue weighted by molar-refractivity contribution is -0.149. The topological polar surface area (TPSA) is 58.6 Å². The van der Waals surface area contributed by atoms with Gasteiger partial charge >= 0.3 is 5.97 Å². The number of benzene rings is 1. The highest BCUT2D eigenvalue weighted by Gasteiger charge is 2.50. The second kappa shape index (κ2) is 4.48. The normalized spacial score (nSPS) is 27.5. The van der Waals surface area contributed by atoms with Crippen molar-refractivity contribution in [1.82, 2.24) is 5.32 Å². The molecule has 20 heavy (non-hydrogen) atoms. The fraction of sp³-hybridized carbons (Fsp3) is 0.562. The van der Waals surface area contributed by atoms with Gasteiger partial charge in [0, 0.05) is 12.0 Å². The fourth-order valence-corrected chi connectivity index (χ4v) is 3.04. The first-order valence-corrected chi connectivity index (χ1v) is 7.20. The van der Waals surface area contributed by atoms with E-state index < -0.39 is 17.1 Å². The third kappa shape index (κ3) is 2.29. The smallest absolute Gasteiger partial charge is 0.328 e. The van der Waals surface area contributed by atoms with Gasteiger partial charge in [0.1, 0.15) is 16.9 Å². The zero-order chi connectivity index (χ0) is 14.4. The predicted octanol–water partition coefficient (Wildman–Crippen LogP) is 2.53. The molecule has 108 valence electrons. The van der Waals surface area contributed by atoms with Gasteiger partial charge in [-0.25, -0.2) is 4.79 Å². The Morgan fingerprint density at radius 2 is 2.10 bits per heavy atom. The number of carboxylic acids is 1. The molecule has 1 unspecified atom stereocenters. The average molecular weight is 275 g/mol. The number of carboxylic acid groups (broad SMARTS) is 1. The summed E-state index contributed by atoms with van der Waals surface area (Å²) in [4.78, 5) is 12.0. The van der Waals surface area contributed by atoms with Crippen LogP contribution in [0.1, 0.15) is 38.7 Å². The summed E-state index contributed by atoms with van der Waals surface area (Å²) >= 11 is 0. The van der Waals surface area contributed by atoms with Gasteiger partial charge in [-0.05, 0) is 45.2 Å². The summed E-state index contributed by atoms with van der Waals surface area (Å²) in [5, 5.41) is 13.2. The first kappa shape index (κ1) is 13.4. The number of rotatable bonds is 4. The monoisotopic (exact) mass is 275 g/mol. The Bertz CT molecular complexity index is 536. The van der Waals surface area contributed by atoms with Crippen LogP contribution in [-0.2, 0) is 10.3 Å². The van der Waals surface area contributed by atoms with Crippen LogP contribution in [0.25, 0.3) is 0 Å². The van der Waals surface area contributed by atoms with Crippen LogP contribution in [0.2, 0.25) is 0 Å². The molecule has 1 aliphatic carbocycles. The van der Waals surface area contributed by atoms with Crippen molar-refractivity contribution in [3.05, 3.63) is 29.8 Å². The first-order valence-electron chi connectivity index (χ1n) is 7.20. The Labute approximate surface area is 119 Å². The summed E-state index contributed by atoms with van der Waals surface area (Å²) in [7, 11) is 0. The van der Waals surface area contributed by atoms with Crippen LogP contribution in [-0.4, -0.2) is 23.2 Å². The van der Waals surface area contributed by atoms with Gasteiger partial charge in [0.15, 0.2) is 0 Å². The number of nitrogens with one attached hydrogen (secondary N) is 1. The summed E-state index contributed by atoms with van der Waals surface area (Å²) in [6, 6.07) is 7.47. The molecule has 3 rings (SSSR count). The van der Waals surface area contributed by atoms with E-state index >= 15 is 0 Å². The maximum atomic E-state index is 12.0. The molecule has 1 heterocycles. The van der Waals surface area contributed by atoms with Crippen LogP contribution >= 0.6 is 0 Å². The van der Waals surface area contributed by atoms with E-state index in [1.807, 2.05) is 38.1 Å². The number of aliphatic carboxylic acids is 1. The molecule has 1 aromatic rings. The number of fused-ring (bicyclic) bond motifs is 1. The standard InChI is InChI=1S/C16H21NO3/c1-15(2)10-16(14(18)19,17-9-11-7-8-11)12-5-3-4-6-13(12)20-15/h3-6,11,17H,7-10H2,1-2H3,(H,18,19). The number of hydrogen-bond donors (Lipinski definition) is 2. The quantitative estimate of drug-likeness (QED) is 0.886. The highest BCUT2D eigenvalue weighted by Crippen LogP contribution is 2.44. The van der Waals surface area contributed by atoms with Gasteiger partial charge in [0.25, 0.3) is 0 Å². The van der Waals surface area contributed by atoms with Crippen molar-refractivity contribution < 1.29 is 14.6 Å². The van der Waals surface area contributed by atoms with E-state index in [9.17, 15) is 9.90 Å². The molecule has 1 fully saturated rings. The second-order valence-corrected chi connectivity index (χ2v) is 6.57. The van der Waals surface area contributed by atoms with Crippen molar-refractivity contribution in [3.63, 3.8) is 0 Å². The van der Waals surface area contributed by atoms with Gasteiger partial charge in [0.05, 0.1) is 0 Å². The SMILES string of the molecule is CC1(C)CC(NCC2CC2)(C(=O)O)c2ccccc2O1. The van der Waals surface area contributed by atoms with Crippen molar-refractivity contribution in [2.45, 2.75) is 44.2 Å². The molecule has 4 heteroatoms. The van der Waals surface area contributed by atoms with Gasteiger partial charge in [0.2, 0.25) is 0 Å². The van der Waals surface area contributed by atoms with Crippen LogP contribution in [0, 0.1) is 5.92 Å². The van der Waals surface area contributed by atoms with Crippen LogP contribution in [0.15, 0.2) is 24.3 Å². The Morgan fingerprint density at radius 1 is 1.40 bits per heavy atom. The highest BCUT2D eigenvalue weighted by atomic mass is 16.5. The van der Waals surface area contributed by atoms with Gasteiger partial charge in [-0.1, -0.05) is 18.2 Å². The molecule has 1 aliphatic heterocycles. The van der Waals surface area contributed by atoms with E-state index in [-0.39, 0.29) is 0 Å². The molecule has 1 atom stereocenters. The van der Waals surface area contributed by atoms with E-state index in [1.54, 1.807) is 0 Å².